The number of hydrogen-bond acceptors (Lipinski definition) is 7. The van der Waals surface area contributed by atoms with Crippen LogP contribution in [0.4, 0.5) is 5.13 Å². The van der Waals surface area contributed by atoms with E-state index in [-0.39, 0.29) is 10.8 Å². The van der Waals surface area contributed by atoms with Crippen LogP contribution in [0, 0.1) is 4.91 Å². The van der Waals surface area contributed by atoms with E-state index in [9.17, 15) is 18.1 Å². The summed E-state index contributed by atoms with van der Waals surface area (Å²) in [4.78, 5) is 24.4. The topological polar surface area (TPSA) is 126 Å². The smallest absolute Gasteiger partial charge is 0.338 e. The number of rotatable bonds is 5. The van der Waals surface area contributed by atoms with Gasteiger partial charge in [-0.25, -0.2) is 18.2 Å². The van der Waals surface area contributed by atoms with Crippen LogP contribution in [0.5, 0.6) is 0 Å². The largest absolute Gasteiger partial charge is 0.479 e. The predicted octanol–water partition coefficient (Wildman–Crippen LogP) is 0.407. The van der Waals surface area contributed by atoms with Crippen molar-refractivity contribution in [3.63, 3.8) is 0 Å². The first-order valence-electron chi connectivity index (χ1n) is 3.82. The van der Waals surface area contributed by atoms with Crippen LogP contribution in [0.25, 0.3) is 0 Å². The molecule has 88 valence electrons. The Bertz CT molecular complexity index is 508. The molecule has 8 nitrogen and oxygen atoms in total. The molecule has 0 saturated heterocycles. The van der Waals surface area contributed by atoms with Crippen molar-refractivity contribution in [1.29, 1.82) is 0 Å². The zero-order chi connectivity index (χ0) is 12.3. The average Bonchev–Trinajstić information content (AvgIpc) is 2.50. The number of nitrogens with zero attached hydrogens (tertiary/aromatic N) is 2. The second-order valence-electron chi connectivity index (χ2n) is 2.80. The third-order valence-electron chi connectivity index (χ3n) is 1.41. The summed E-state index contributed by atoms with van der Waals surface area (Å²) in [5.74, 6) is -1.44. The number of aliphatic carboxylic acids is 1. The molecule has 16 heavy (non-hydrogen) atoms. The minimum Gasteiger partial charge on any atom is -0.479 e. The normalized spacial score (nSPS) is 13.1. The van der Waals surface area contributed by atoms with E-state index in [1.54, 1.807) is 0 Å². The molecule has 10 heteroatoms. The van der Waals surface area contributed by atoms with Gasteiger partial charge in [-0.1, -0.05) is 0 Å². The zero-order valence-corrected chi connectivity index (χ0v) is 9.58. The van der Waals surface area contributed by atoms with Crippen LogP contribution in [-0.2, 0) is 14.8 Å². The van der Waals surface area contributed by atoms with Crippen molar-refractivity contribution < 1.29 is 18.3 Å². The van der Waals surface area contributed by atoms with E-state index < -0.39 is 22.0 Å². The first kappa shape index (κ1) is 12.5. The summed E-state index contributed by atoms with van der Waals surface area (Å²) in [6.07, 6.45) is 0.931. The minimum atomic E-state index is -3.47. The molecule has 0 aliphatic rings. The van der Waals surface area contributed by atoms with Gasteiger partial charge in [-0.05, 0) is 5.18 Å². The first-order valence-corrected chi connectivity index (χ1v) is 6.59. The maximum Gasteiger partial charge on any atom is 0.338 e. The lowest BCUT2D eigenvalue weighted by Crippen LogP contribution is -2.11. The van der Waals surface area contributed by atoms with Gasteiger partial charge in [0.25, 0.3) is 0 Å². The molecule has 1 atom stereocenters. The number of anilines is 1. The van der Waals surface area contributed by atoms with Gasteiger partial charge in [-0.2, -0.15) is 0 Å². The summed E-state index contributed by atoms with van der Waals surface area (Å²) in [5, 5.41) is 12.2. The number of carboxylic acid groups (broad SMARTS) is 1. The number of nitroso groups, excluding NO2 is 1. The Morgan fingerprint density at radius 1 is 1.69 bits per heavy atom. The zero-order valence-electron chi connectivity index (χ0n) is 7.95. The van der Waals surface area contributed by atoms with Gasteiger partial charge >= 0.3 is 5.97 Å². The summed E-state index contributed by atoms with van der Waals surface area (Å²) in [6, 6.07) is -1.62. The second-order valence-corrected chi connectivity index (χ2v) is 5.40. The average molecular weight is 265 g/mol. The quantitative estimate of drug-likeness (QED) is 0.742. The van der Waals surface area contributed by atoms with Crippen molar-refractivity contribution in [2.24, 2.45) is 5.18 Å². The van der Waals surface area contributed by atoms with E-state index in [0.29, 0.717) is 0 Å². The van der Waals surface area contributed by atoms with Crippen LogP contribution in [0.15, 0.2) is 10.6 Å². The lowest BCUT2D eigenvalue weighted by molar-refractivity contribution is -0.138. The molecule has 0 spiro atoms. The summed E-state index contributed by atoms with van der Waals surface area (Å²) < 4.78 is 23.7. The third-order valence-corrected chi connectivity index (χ3v) is 2.88. The SMILES string of the molecule is CS(=O)(=O)Nc1nc(C(N=O)C(=O)O)cs1. The summed E-state index contributed by atoms with van der Waals surface area (Å²) in [5.41, 5.74) is -0.0985. The van der Waals surface area contributed by atoms with Gasteiger partial charge in [0.1, 0.15) is 0 Å². The molecule has 2 N–H and O–H groups in total. The van der Waals surface area contributed by atoms with Crippen LogP contribution in [0.2, 0.25) is 0 Å². The van der Waals surface area contributed by atoms with Gasteiger partial charge in [0.15, 0.2) is 5.13 Å². The van der Waals surface area contributed by atoms with E-state index in [2.05, 4.69) is 14.9 Å². The van der Waals surface area contributed by atoms with Gasteiger partial charge in [0, 0.05) is 5.38 Å². The number of carbonyl (C=O) groups is 1. The highest BCUT2D eigenvalue weighted by Gasteiger charge is 2.24. The van der Waals surface area contributed by atoms with Crippen LogP contribution in [-0.4, -0.2) is 30.7 Å². The van der Waals surface area contributed by atoms with E-state index in [4.69, 9.17) is 5.11 Å². The predicted molar refractivity (Wildman–Crippen MR) is 56.8 cm³/mol. The molecule has 0 aliphatic heterocycles. The summed E-state index contributed by atoms with van der Waals surface area (Å²) >= 11 is 0.874. The Kier molecular flexibility index (Phi) is 3.55. The Morgan fingerprint density at radius 3 is 2.75 bits per heavy atom. The molecule has 0 radical (unpaired) electrons. The molecule has 0 amide bonds. The Morgan fingerprint density at radius 2 is 2.31 bits per heavy atom. The van der Waals surface area contributed by atoms with E-state index in [1.807, 2.05) is 0 Å². The molecule has 1 aromatic rings. The number of carboxylic acids is 1. The van der Waals surface area contributed by atoms with E-state index >= 15 is 0 Å². The van der Waals surface area contributed by atoms with Crippen molar-refractivity contribution in [3.05, 3.63) is 16.0 Å². The van der Waals surface area contributed by atoms with Crippen molar-refractivity contribution in [2.75, 3.05) is 11.0 Å². The van der Waals surface area contributed by atoms with E-state index in [0.717, 1.165) is 17.6 Å². The standard InChI is InChI=1S/C6H7N3O5S2/c1-16(13,14)9-6-7-3(2-15-6)4(8-12)5(10)11/h2,4H,1H3,(H,7,9)(H,10,11). The molecule has 0 saturated carbocycles. The highest BCUT2D eigenvalue weighted by molar-refractivity contribution is 7.92. The van der Waals surface area contributed by atoms with Crippen LogP contribution in [0.1, 0.15) is 11.7 Å². The fourth-order valence-corrected chi connectivity index (χ4v) is 2.42. The summed E-state index contributed by atoms with van der Waals surface area (Å²) in [6.45, 7) is 0. The monoisotopic (exact) mass is 265 g/mol. The Labute approximate surface area is 94.3 Å². The van der Waals surface area contributed by atoms with Gasteiger partial charge in [0.05, 0.1) is 11.9 Å². The minimum absolute atomic E-state index is 0.00704. The molecular formula is C6H7N3O5S2. The highest BCUT2D eigenvalue weighted by atomic mass is 32.2. The van der Waals surface area contributed by atoms with Gasteiger partial charge in [0.2, 0.25) is 16.1 Å². The fraction of sp³-hybridized carbons (Fsp3) is 0.333. The van der Waals surface area contributed by atoms with Crippen molar-refractivity contribution in [3.8, 4) is 0 Å². The first-order chi connectivity index (χ1) is 7.33. The van der Waals surface area contributed by atoms with Crippen molar-refractivity contribution in [2.45, 2.75) is 6.04 Å². The second kappa shape index (κ2) is 4.53. The van der Waals surface area contributed by atoms with Gasteiger partial charge in [-0.3, -0.25) is 4.72 Å². The molecule has 0 aromatic carbocycles. The number of sulfonamides is 1. The van der Waals surface area contributed by atoms with E-state index in [1.165, 1.54) is 5.38 Å². The molecular weight excluding hydrogens is 258 g/mol. The number of nitrogens with one attached hydrogen (secondary N) is 1. The van der Waals surface area contributed by atoms with Crippen LogP contribution in [0.3, 0.4) is 0 Å². The molecule has 0 fully saturated rings. The van der Waals surface area contributed by atoms with Crippen molar-refractivity contribution in [1.82, 2.24) is 4.98 Å². The van der Waals surface area contributed by atoms with Crippen LogP contribution < -0.4 is 4.72 Å². The maximum atomic E-state index is 10.8. The number of hydrogen-bond donors (Lipinski definition) is 2. The molecule has 0 bridgehead atoms. The highest BCUT2D eigenvalue weighted by Crippen LogP contribution is 2.23. The Balaban J connectivity index is 2.94. The van der Waals surface area contributed by atoms with Gasteiger partial charge < -0.3 is 5.11 Å². The molecule has 0 aliphatic carbocycles. The molecule has 1 rings (SSSR count). The number of thiazole rings is 1. The molecule has 1 heterocycles. The maximum absolute atomic E-state index is 10.8. The van der Waals surface area contributed by atoms with Gasteiger partial charge in [-0.15, -0.1) is 16.2 Å². The number of aromatic nitrogens is 1. The molecule has 1 unspecified atom stereocenters. The molecule has 1 aromatic heterocycles. The lowest BCUT2D eigenvalue weighted by Gasteiger charge is -1.99. The lowest BCUT2D eigenvalue weighted by atomic mass is 10.2. The Hall–Kier alpha value is -1.55. The van der Waals surface area contributed by atoms with Crippen molar-refractivity contribution >= 4 is 32.5 Å². The third kappa shape index (κ3) is 3.24. The summed E-state index contributed by atoms with van der Waals surface area (Å²) in [7, 11) is -3.47. The van der Waals surface area contributed by atoms with Crippen LogP contribution >= 0.6 is 11.3 Å². The fourth-order valence-electron chi connectivity index (χ4n) is 0.843.